The minimum absolute atomic E-state index is 0.129. The van der Waals surface area contributed by atoms with Crippen LogP contribution in [0.2, 0.25) is 15.1 Å². The maximum atomic E-state index is 9.60. The van der Waals surface area contributed by atoms with Crippen LogP contribution in [-0.2, 0) is 0 Å². The highest BCUT2D eigenvalue weighted by Gasteiger charge is 2.15. The molecule has 1 aromatic rings. The molecule has 5 heteroatoms. The summed E-state index contributed by atoms with van der Waals surface area (Å²) in [5.74, 6) is 0. The number of benzene rings is 1. The Hall–Kier alpha value is 0.01000. The summed E-state index contributed by atoms with van der Waals surface area (Å²) in [6.45, 7) is -0.129. The predicted molar refractivity (Wildman–Crippen MR) is 58.1 cm³/mol. The van der Waals surface area contributed by atoms with Crippen LogP contribution in [-0.4, -0.2) is 16.8 Å². The third kappa shape index (κ3) is 2.75. The molecule has 0 fully saturated rings. The van der Waals surface area contributed by atoms with Gasteiger partial charge in [0.05, 0.1) is 6.10 Å². The van der Waals surface area contributed by atoms with E-state index in [0.29, 0.717) is 20.6 Å². The van der Waals surface area contributed by atoms with Gasteiger partial charge in [-0.05, 0) is 12.1 Å². The van der Waals surface area contributed by atoms with Crippen molar-refractivity contribution in [3.05, 3.63) is 32.8 Å². The first kappa shape index (κ1) is 12.1. The molecule has 0 saturated heterocycles. The van der Waals surface area contributed by atoms with Gasteiger partial charge in [-0.3, -0.25) is 0 Å². The van der Waals surface area contributed by atoms with E-state index in [0.717, 1.165) is 0 Å². The zero-order valence-corrected chi connectivity index (χ0v) is 9.44. The Morgan fingerprint density at radius 1 is 1.14 bits per heavy atom. The lowest BCUT2D eigenvalue weighted by Gasteiger charge is -2.13. The van der Waals surface area contributed by atoms with E-state index in [-0.39, 0.29) is 13.0 Å². The van der Waals surface area contributed by atoms with Gasteiger partial charge in [-0.15, -0.1) is 0 Å². The fourth-order valence-electron chi connectivity index (χ4n) is 1.14. The normalized spacial score (nSPS) is 12.9. The summed E-state index contributed by atoms with van der Waals surface area (Å²) in [5.41, 5.74) is 0.409. The van der Waals surface area contributed by atoms with E-state index in [9.17, 15) is 5.11 Å². The highest BCUT2D eigenvalue weighted by molar-refractivity contribution is 6.39. The number of halogens is 3. The highest BCUT2D eigenvalue weighted by atomic mass is 35.5. The molecule has 2 N–H and O–H groups in total. The van der Waals surface area contributed by atoms with Crippen molar-refractivity contribution in [1.29, 1.82) is 0 Å². The molecule has 1 unspecified atom stereocenters. The van der Waals surface area contributed by atoms with Crippen molar-refractivity contribution in [3.8, 4) is 0 Å². The van der Waals surface area contributed by atoms with E-state index < -0.39 is 6.10 Å². The molecular weight excluding hydrogens is 246 g/mol. The molecule has 0 radical (unpaired) electrons. The molecule has 0 spiro atoms. The van der Waals surface area contributed by atoms with Gasteiger partial charge in [0.25, 0.3) is 0 Å². The topological polar surface area (TPSA) is 40.5 Å². The van der Waals surface area contributed by atoms with Crippen molar-refractivity contribution in [3.63, 3.8) is 0 Å². The second-order valence-electron chi connectivity index (χ2n) is 2.81. The van der Waals surface area contributed by atoms with E-state index >= 15 is 0 Å². The van der Waals surface area contributed by atoms with E-state index in [1.54, 1.807) is 0 Å². The van der Waals surface area contributed by atoms with Crippen molar-refractivity contribution in [2.75, 3.05) is 6.61 Å². The summed E-state index contributed by atoms with van der Waals surface area (Å²) in [6, 6.07) is 3.01. The Kier molecular flexibility index (Phi) is 4.48. The molecule has 0 aliphatic rings. The van der Waals surface area contributed by atoms with E-state index in [1.807, 2.05) is 0 Å². The van der Waals surface area contributed by atoms with Crippen molar-refractivity contribution in [2.45, 2.75) is 12.5 Å². The lowest BCUT2D eigenvalue weighted by molar-refractivity contribution is 0.134. The molecule has 0 heterocycles. The van der Waals surface area contributed by atoms with Gasteiger partial charge in [-0.2, -0.15) is 0 Å². The molecule has 14 heavy (non-hydrogen) atoms. The van der Waals surface area contributed by atoms with Crippen LogP contribution in [0.5, 0.6) is 0 Å². The Labute approximate surface area is 97.0 Å². The van der Waals surface area contributed by atoms with E-state index in [2.05, 4.69) is 0 Å². The van der Waals surface area contributed by atoms with E-state index in [4.69, 9.17) is 39.9 Å². The maximum absolute atomic E-state index is 9.60. The van der Waals surface area contributed by atoms with Crippen molar-refractivity contribution in [1.82, 2.24) is 0 Å². The van der Waals surface area contributed by atoms with Gasteiger partial charge < -0.3 is 10.2 Å². The average molecular weight is 256 g/mol. The standard InChI is InChI=1S/C9H9Cl3O2/c10-5-3-6(11)9(7(12)4-5)8(14)1-2-13/h3-4,8,13-14H,1-2H2. The Bertz CT molecular complexity index is 305. The minimum Gasteiger partial charge on any atom is -0.396 e. The molecule has 0 aromatic heterocycles. The summed E-state index contributed by atoms with van der Waals surface area (Å²) in [7, 11) is 0. The first-order chi connectivity index (χ1) is 6.56. The maximum Gasteiger partial charge on any atom is 0.0840 e. The van der Waals surface area contributed by atoms with Crippen molar-refractivity contribution >= 4 is 34.8 Å². The van der Waals surface area contributed by atoms with Crippen LogP contribution in [0, 0.1) is 0 Å². The third-order valence-corrected chi connectivity index (χ3v) is 2.62. The van der Waals surface area contributed by atoms with Gasteiger partial charge in [0, 0.05) is 33.7 Å². The van der Waals surface area contributed by atoms with Crippen molar-refractivity contribution in [2.24, 2.45) is 0 Å². The second kappa shape index (κ2) is 5.19. The zero-order valence-electron chi connectivity index (χ0n) is 7.17. The first-order valence-electron chi connectivity index (χ1n) is 3.99. The molecule has 2 nitrogen and oxygen atoms in total. The van der Waals surface area contributed by atoms with Crippen LogP contribution in [0.1, 0.15) is 18.1 Å². The number of hydrogen-bond donors (Lipinski definition) is 2. The molecule has 0 saturated carbocycles. The van der Waals surface area contributed by atoms with Gasteiger partial charge in [0.2, 0.25) is 0 Å². The molecule has 0 aliphatic heterocycles. The quantitative estimate of drug-likeness (QED) is 0.871. The average Bonchev–Trinajstić information content (AvgIpc) is 2.01. The molecular formula is C9H9Cl3O2. The Morgan fingerprint density at radius 3 is 2.07 bits per heavy atom. The first-order valence-corrected chi connectivity index (χ1v) is 5.13. The summed E-state index contributed by atoms with van der Waals surface area (Å²) < 4.78 is 0. The summed E-state index contributed by atoms with van der Waals surface area (Å²) >= 11 is 17.4. The lowest BCUT2D eigenvalue weighted by atomic mass is 10.1. The molecule has 0 aliphatic carbocycles. The third-order valence-electron chi connectivity index (χ3n) is 1.78. The van der Waals surface area contributed by atoms with Crippen LogP contribution < -0.4 is 0 Å². The van der Waals surface area contributed by atoms with Crippen LogP contribution in [0.15, 0.2) is 12.1 Å². The van der Waals surface area contributed by atoms with Crippen LogP contribution >= 0.6 is 34.8 Å². The predicted octanol–water partition coefficient (Wildman–Crippen LogP) is 3.06. The van der Waals surface area contributed by atoms with Crippen molar-refractivity contribution < 1.29 is 10.2 Å². The van der Waals surface area contributed by atoms with Gasteiger partial charge >= 0.3 is 0 Å². The summed E-state index contributed by atoms with van der Waals surface area (Å²) in [4.78, 5) is 0. The molecule has 78 valence electrons. The van der Waals surface area contributed by atoms with Crippen LogP contribution in [0.4, 0.5) is 0 Å². The van der Waals surface area contributed by atoms with Crippen LogP contribution in [0.3, 0.4) is 0 Å². The lowest BCUT2D eigenvalue weighted by Crippen LogP contribution is -2.02. The number of aliphatic hydroxyl groups excluding tert-OH is 2. The highest BCUT2D eigenvalue weighted by Crippen LogP contribution is 2.34. The Balaban J connectivity index is 3.07. The minimum atomic E-state index is -0.864. The fraction of sp³-hybridized carbons (Fsp3) is 0.333. The summed E-state index contributed by atoms with van der Waals surface area (Å²) in [5, 5.41) is 19.3. The largest absolute Gasteiger partial charge is 0.396 e. The van der Waals surface area contributed by atoms with Gasteiger partial charge in [-0.1, -0.05) is 34.8 Å². The molecule has 0 bridgehead atoms. The monoisotopic (exact) mass is 254 g/mol. The molecule has 1 rings (SSSR count). The Morgan fingerprint density at radius 2 is 1.64 bits per heavy atom. The second-order valence-corrected chi connectivity index (χ2v) is 4.06. The number of rotatable bonds is 3. The number of aliphatic hydroxyl groups is 2. The zero-order chi connectivity index (χ0) is 10.7. The van der Waals surface area contributed by atoms with Gasteiger partial charge in [-0.25, -0.2) is 0 Å². The number of hydrogen-bond acceptors (Lipinski definition) is 2. The molecule has 1 atom stereocenters. The van der Waals surface area contributed by atoms with Gasteiger partial charge in [0.15, 0.2) is 0 Å². The van der Waals surface area contributed by atoms with Crippen LogP contribution in [0.25, 0.3) is 0 Å². The molecule has 0 amide bonds. The fourth-order valence-corrected chi connectivity index (χ4v) is 2.21. The molecule has 1 aromatic carbocycles. The van der Waals surface area contributed by atoms with E-state index in [1.165, 1.54) is 12.1 Å². The van der Waals surface area contributed by atoms with Gasteiger partial charge in [0.1, 0.15) is 0 Å². The summed E-state index contributed by atoms with van der Waals surface area (Å²) in [6.07, 6.45) is -0.668. The smallest absolute Gasteiger partial charge is 0.0840 e. The SMILES string of the molecule is OCCC(O)c1c(Cl)cc(Cl)cc1Cl.